The van der Waals surface area contributed by atoms with E-state index in [1.807, 2.05) is 31.2 Å². The Kier molecular flexibility index (Phi) is 7.70. The number of aromatic nitrogens is 1. The molecule has 1 heterocycles. The Balaban J connectivity index is 1.65. The van der Waals surface area contributed by atoms with Gasteiger partial charge < -0.3 is 10.1 Å². The van der Waals surface area contributed by atoms with Crippen LogP contribution in [0.25, 0.3) is 10.2 Å². The molecule has 0 radical (unpaired) electrons. The molecule has 0 aliphatic heterocycles. The third-order valence-corrected chi connectivity index (χ3v) is 5.34. The predicted octanol–water partition coefficient (Wildman–Crippen LogP) is 2.31. The van der Waals surface area contributed by atoms with Crippen LogP contribution in [-0.4, -0.2) is 41.5 Å². The summed E-state index contributed by atoms with van der Waals surface area (Å²) in [7, 11) is 1.62. The zero-order valence-corrected chi connectivity index (χ0v) is 15.9. The second kappa shape index (κ2) is 9.77. The fourth-order valence-corrected chi connectivity index (χ4v) is 4.21. The number of carbonyl (C=O) groups is 1. The molecule has 0 aliphatic rings. The van der Waals surface area contributed by atoms with Crippen LogP contribution in [0.15, 0.2) is 28.6 Å². The number of fused-ring (bicyclic) bond motifs is 1. The van der Waals surface area contributed by atoms with Gasteiger partial charge in [-0.05, 0) is 31.3 Å². The lowest BCUT2D eigenvalue weighted by atomic mass is 10.3. The number of hydrogen-bond donors (Lipinski definition) is 3. The van der Waals surface area contributed by atoms with Gasteiger partial charge >= 0.3 is 0 Å². The summed E-state index contributed by atoms with van der Waals surface area (Å²) in [5.74, 6) is 0.542. The monoisotopic (exact) mass is 384 g/mol. The molecule has 130 valence electrons. The molecular weight excluding hydrogens is 364 g/mol. The van der Waals surface area contributed by atoms with Gasteiger partial charge in [0, 0.05) is 25.3 Å². The van der Waals surface area contributed by atoms with E-state index in [9.17, 15) is 4.79 Å². The number of carbonyl (C=O) groups excluding carboxylic acids is 1. The fourth-order valence-electron chi connectivity index (χ4n) is 1.88. The van der Waals surface area contributed by atoms with E-state index in [0.717, 1.165) is 14.6 Å². The number of thiazole rings is 1. The van der Waals surface area contributed by atoms with Crippen molar-refractivity contribution in [2.24, 2.45) is 0 Å². The normalized spacial score (nSPS) is 11.9. The Morgan fingerprint density at radius 2 is 2.21 bits per heavy atom. The minimum absolute atomic E-state index is 0.0708. The molecule has 0 aliphatic carbocycles. The van der Waals surface area contributed by atoms with Crippen LogP contribution in [-0.2, 0) is 9.53 Å². The zero-order valence-electron chi connectivity index (χ0n) is 13.5. The lowest BCUT2D eigenvalue weighted by Crippen LogP contribution is -2.50. The third kappa shape index (κ3) is 6.23. The summed E-state index contributed by atoms with van der Waals surface area (Å²) in [6, 6.07) is 8.08. The number of rotatable bonds is 7. The maximum Gasteiger partial charge on any atom is 0.239 e. The van der Waals surface area contributed by atoms with Crippen LogP contribution in [0.2, 0.25) is 0 Å². The second-order valence-electron chi connectivity index (χ2n) is 5.05. The topological polar surface area (TPSA) is 75.3 Å². The highest BCUT2D eigenvalue weighted by molar-refractivity contribution is 8.01. The van der Waals surface area contributed by atoms with E-state index in [-0.39, 0.29) is 11.9 Å². The van der Waals surface area contributed by atoms with Crippen molar-refractivity contribution in [1.82, 2.24) is 21.2 Å². The van der Waals surface area contributed by atoms with Gasteiger partial charge in [-0.1, -0.05) is 23.9 Å². The molecule has 0 saturated carbocycles. The van der Waals surface area contributed by atoms with E-state index < -0.39 is 0 Å². The van der Waals surface area contributed by atoms with Gasteiger partial charge in [-0.25, -0.2) is 4.98 Å². The number of hydrogen-bond acceptors (Lipinski definition) is 6. The van der Waals surface area contributed by atoms with Gasteiger partial charge in [-0.3, -0.25) is 15.6 Å². The first-order chi connectivity index (χ1) is 11.6. The SMILES string of the molecule is COC[C@H](C)NC(=S)NNC(=O)CCSc1nc2ccccc2s1. The number of thiocarbonyl (C=S) groups is 1. The van der Waals surface area contributed by atoms with Crippen molar-refractivity contribution in [2.45, 2.75) is 23.7 Å². The smallest absolute Gasteiger partial charge is 0.239 e. The fraction of sp³-hybridized carbons (Fsp3) is 0.400. The highest BCUT2D eigenvalue weighted by atomic mass is 32.2. The molecule has 0 bridgehead atoms. The lowest BCUT2D eigenvalue weighted by molar-refractivity contribution is -0.121. The summed E-state index contributed by atoms with van der Waals surface area (Å²) in [4.78, 5) is 16.3. The first-order valence-corrected chi connectivity index (χ1v) is 9.62. The Morgan fingerprint density at radius 3 is 2.96 bits per heavy atom. The molecule has 0 fully saturated rings. The Morgan fingerprint density at radius 1 is 1.42 bits per heavy atom. The van der Waals surface area contributed by atoms with E-state index in [1.54, 1.807) is 30.2 Å². The molecule has 0 saturated heterocycles. The van der Waals surface area contributed by atoms with Crippen molar-refractivity contribution < 1.29 is 9.53 Å². The predicted molar refractivity (Wildman–Crippen MR) is 103 cm³/mol. The number of nitrogens with zero attached hydrogens (tertiary/aromatic N) is 1. The van der Waals surface area contributed by atoms with Gasteiger partial charge in [0.15, 0.2) is 9.45 Å². The highest BCUT2D eigenvalue weighted by Gasteiger charge is 2.07. The van der Waals surface area contributed by atoms with Gasteiger partial charge in [-0.15, -0.1) is 11.3 Å². The number of hydrazine groups is 1. The number of methoxy groups -OCH3 is 1. The van der Waals surface area contributed by atoms with Crippen LogP contribution >= 0.6 is 35.3 Å². The average Bonchev–Trinajstić information content (AvgIpc) is 2.96. The third-order valence-electron chi connectivity index (χ3n) is 2.94. The van der Waals surface area contributed by atoms with Crippen molar-refractivity contribution in [2.75, 3.05) is 19.5 Å². The maximum absolute atomic E-state index is 11.8. The summed E-state index contributed by atoms with van der Waals surface area (Å²) in [5, 5.41) is 3.37. The van der Waals surface area contributed by atoms with Crippen molar-refractivity contribution in [3.63, 3.8) is 0 Å². The van der Waals surface area contributed by atoms with Gasteiger partial charge in [0.25, 0.3) is 0 Å². The van der Waals surface area contributed by atoms with E-state index >= 15 is 0 Å². The first kappa shape index (κ1) is 18.9. The molecule has 6 nitrogen and oxygen atoms in total. The molecule has 9 heteroatoms. The van der Waals surface area contributed by atoms with Crippen LogP contribution in [0, 0.1) is 0 Å². The lowest BCUT2D eigenvalue weighted by Gasteiger charge is -2.16. The second-order valence-corrected chi connectivity index (χ2v) is 7.83. The molecule has 1 amide bonds. The molecule has 0 spiro atoms. The zero-order chi connectivity index (χ0) is 17.4. The van der Waals surface area contributed by atoms with Crippen molar-refractivity contribution >= 4 is 56.6 Å². The van der Waals surface area contributed by atoms with Gasteiger partial charge in [-0.2, -0.15) is 0 Å². The summed E-state index contributed by atoms with van der Waals surface area (Å²) in [6.45, 7) is 2.47. The molecule has 1 aromatic carbocycles. The largest absolute Gasteiger partial charge is 0.383 e. The molecule has 24 heavy (non-hydrogen) atoms. The first-order valence-electron chi connectivity index (χ1n) is 7.41. The van der Waals surface area contributed by atoms with Crippen LogP contribution in [0.1, 0.15) is 13.3 Å². The van der Waals surface area contributed by atoms with Crippen LogP contribution in [0.3, 0.4) is 0 Å². The number of nitrogens with one attached hydrogen (secondary N) is 3. The minimum atomic E-state index is -0.118. The van der Waals surface area contributed by atoms with Gasteiger partial charge in [0.05, 0.1) is 16.8 Å². The van der Waals surface area contributed by atoms with Crippen LogP contribution in [0.4, 0.5) is 0 Å². The Hall–Kier alpha value is -1.42. The number of amides is 1. The molecule has 1 atom stereocenters. The molecule has 1 aromatic heterocycles. The standard InChI is InChI=1S/C15H20N4O2S3/c1-10(9-21-2)16-14(22)19-18-13(20)7-8-23-15-17-11-5-3-4-6-12(11)24-15/h3-6,10H,7-9H2,1-2H3,(H,18,20)(H2,16,19,22)/t10-/m0/s1. The highest BCUT2D eigenvalue weighted by Crippen LogP contribution is 2.29. The van der Waals surface area contributed by atoms with E-state index in [0.29, 0.717) is 23.9 Å². The van der Waals surface area contributed by atoms with Crippen molar-refractivity contribution in [1.29, 1.82) is 0 Å². The molecular formula is C15H20N4O2S3. The summed E-state index contributed by atoms with van der Waals surface area (Å²) < 4.78 is 7.14. The Labute approximate surface area is 154 Å². The van der Waals surface area contributed by atoms with Gasteiger partial charge in [0.1, 0.15) is 0 Å². The molecule has 0 unspecified atom stereocenters. The van der Waals surface area contributed by atoms with Crippen molar-refractivity contribution in [3.05, 3.63) is 24.3 Å². The summed E-state index contributed by atoms with van der Waals surface area (Å²) >= 11 is 8.30. The van der Waals surface area contributed by atoms with Gasteiger partial charge in [0.2, 0.25) is 5.91 Å². The van der Waals surface area contributed by atoms with E-state index in [2.05, 4.69) is 21.2 Å². The van der Waals surface area contributed by atoms with E-state index in [1.165, 1.54) is 0 Å². The maximum atomic E-state index is 11.8. The van der Waals surface area contributed by atoms with Crippen LogP contribution < -0.4 is 16.2 Å². The number of thioether (sulfide) groups is 1. The average molecular weight is 385 g/mol. The van der Waals surface area contributed by atoms with E-state index in [4.69, 9.17) is 17.0 Å². The minimum Gasteiger partial charge on any atom is -0.383 e. The molecule has 3 N–H and O–H groups in total. The summed E-state index contributed by atoms with van der Waals surface area (Å²) in [6.07, 6.45) is 0.379. The quantitative estimate of drug-likeness (QED) is 0.384. The number of ether oxygens (including phenoxy) is 1. The van der Waals surface area contributed by atoms with Crippen molar-refractivity contribution in [3.8, 4) is 0 Å². The van der Waals surface area contributed by atoms with Crippen LogP contribution in [0.5, 0.6) is 0 Å². The molecule has 2 aromatic rings. The number of para-hydroxylation sites is 1. The molecule has 2 rings (SSSR count). The Bertz CT molecular complexity index is 659. The number of benzene rings is 1. The summed E-state index contributed by atoms with van der Waals surface area (Å²) in [5.41, 5.74) is 6.26.